The van der Waals surface area contributed by atoms with Crippen molar-refractivity contribution in [2.24, 2.45) is 17.3 Å². The maximum Gasteiger partial charge on any atom is 0.0613 e. The summed E-state index contributed by atoms with van der Waals surface area (Å²) < 4.78 is 6.20. The normalized spacial score (nSPS) is 38.0. The van der Waals surface area contributed by atoms with Crippen LogP contribution < -0.4 is 0 Å². The minimum atomic E-state index is -0.650. The summed E-state index contributed by atoms with van der Waals surface area (Å²) in [5, 5.41) is 19.9. The molecule has 160 valence electrons. The Morgan fingerprint density at radius 1 is 1.18 bits per heavy atom. The molecular weight excluding hydrogens is 348 g/mol. The smallest absolute Gasteiger partial charge is 0.0613 e. The standard InChI is InChI=1S/C25H42O3/c1-18(28-16-15-24(2,3)27)22-12-13-23-20(8-6-14-25(22,23)4)11-10-19-7-5-9-21(26)17-19/h10-11,18,21-23,26-27H,5-9,12-17H2,1-4H3/b19-10-,20-11+/t18-,21-,22+,23-,25+/m0/s1. The molecule has 3 heteroatoms. The molecule has 0 heterocycles. The van der Waals surface area contributed by atoms with Crippen molar-refractivity contribution in [1.29, 1.82) is 0 Å². The van der Waals surface area contributed by atoms with Crippen LogP contribution in [0.3, 0.4) is 0 Å². The van der Waals surface area contributed by atoms with Crippen LogP contribution in [0, 0.1) is 17.3 Å². The summed E-state index contributed by atoms with van der Waals surface area (Å²) in [5.74, 6) is 1.28. The van der Waals surface area contributed by atoms with Gasteiger partial charge < -0.3 is 14.9 Å². The van der Waals surface area contributed by atoms with Gasteiger partial charge in [-0.2, -0.15) is 0 Å². The Labute approximate surface area is 172 Å². The highest BCUT2D eigenvalue weighted by molar-refractivity contribution is 5.25. The average Bonchev–Trinajstić information content (AvgIpc) is 2.96. The molecule has 28 heavy (non-hydrogen) atoms. The van der Waals surface area contributed by atoms with Crippen LogP contribution in [0.1, 0.15) is 91.9 Å². The van der Waals surface area contributed by atoms with Gasteiger partial charge in [-0.1, -0.05) is 30.2 Å². The van der Waals surface area contributed by atoms with E-state index in [2.05, 4.69) is 26.0 Å². The number of allylic oxidation sites excluding steroid dienone is 3. The van der Waals surface area contributed by atoms with E-state index in [4.69, 9.17) is 4.74 Å². The van der Waals surface area contributed by atoms with Crippen molar-refractivity contribution in [1.82, 2.24) is 0 Å². The van der Waals surface area contributed by atoms with Gasteiger partial charge in [-0.15, -0.1) is 0 Å². The van der Waals surface area contributed by atoms with Gasteiger partial charge >= 0.3 is 0 Å². The topological polar surface area (TPSA) is 49.7 Å². The van der Waals surface area contributed by atoms with Gasteiger partial charge in [-0.3, -0.25) is 0 Å². The predicted octanol–water partition coefficient (Wildman–Crippen LogP) is 5.56. The Morgan fingerprint density at radius 3 is 2.68 bits per heavy atom. The van der Waals surface area contributed by atoms with Gasteiger partial charge in [0.15, 0.2) is 0 Å². The number of hydrogen-bond donors (Lipinski definition) is 2. The Bertz CT molecular complexity index is 585. The lowest BCUT2D eigenvalue weighted by Crippen LogP contribution is -2.39. The summed E-state index contributed by atoms with van der Waals surface area (Å²) >= 11 is 0. The lowest BCUT2D eigenvalue weighted by molar-refractivity contribution is -0.0454. The van der Waals surface area contributed by atoms with Gasteiger partial charge in [0.05, 0.1) is 17.8 Å². The number of rotatable bonds is 6. The highest BCUT2D eigenvalue weighted by Gasteiger charge is 2.51. The molecule has 0 amide bonds. The van der Waals surface area contributed by atoms with Crippen molar-refractivity contribution in [2.75, 3.05) is 6.61 Å². The average molecular weight is 391 g/mol. The third-order valence-corrected chi connectivity index (χ3v) is 7.77. The lowest BCUT2D eigenvalue weighted by Gasteiger charge is -2.44. The minimum Gasteiger partial charge on any atom is -0.393 e. The maximum atomic E-state index is 9.94. The van der Waals surface area contributed by atoms with Crippen LogP contribution >= 0.6 is 0 Å². The van der Waals surface area contributed by atoms with E-state index in [1.807, 2.05) is 13.8 Å². The zero-order valence-corrected chi connectivity index (χ0v) is 18.5. The minimum absolute atomic E-state index is 0.132. The van der Waals surface area contributed by atoms with Crippen molar-refractivity contribution in [3.63, 3.8) is 0 Å². The molecule has 0 aromatic rings. The van der Waals surface area contributed by atoms with Crippen LogP contribution in [0.4, 0.5) is 0 Å². The van der Waals surface area contributed by atoms with Crippen molar-refractivity contribution in [2.45, 2.75) is 110 Å². The highest BCUT2D eigenvalue weighted by atomic mass is 16.5. The van der Waals surface area contributed by atoms with E-state index in [9.17, 15) is 10.2 Å². The van der Waals surface area contributed by atoms with E-state index in [0.29, 0.717) is 30.3 Å². The third kappa shape index (κ3) is 5.29. The second-order valence-electron chi connectivity index (χ2n) is 10.6. The molecule has 0 aromatic carbocycles. The van der Waals surface area contributed by atoms with Crippen LogP contribution in [0.5, 0.6) is 0 Å². The zero-order valence-electron chi connectivity index (χ0n) is 18.5. The Kier molecular flexibility index (Phi) is 7.10. The molecule has 0 spiro atoms. The fourth-order valence-electron chi connectivity index (χ4n) is 6.11. The lowest BCUT2D eigenvalue weighted by atomic mass is 9.62. The SMILES string of the molecule is C[C@H](OCCC(C)(C)O)[C@H]1CC[C@H]2/C(=C/C=C3/CCC[C@H](O)C3)CCC[C@]12C. The van der Waals surface area contributed by atoms with E-state index in [1.54, 1.807) is 5.57 Å². The van der Waals surface area contributed by atoms with E-state index >= 15 is 0 Å². The van der Waals surface area contributed by atoms with Gasteiger partial charge in [0.2, 0.25) is 0 Å². The van der Waals surface area contributed by atoms with Gasteiger partial charge in [-0.05, 0) is 102 Å². The number of fused-ring (bicyclic) bond motifs is 1. The number of aliphatic hydroxyl groups excluding tert-OH is 1. The molecule has 0 radical (unpaired) electrons. The Morgan fingerprint density at radius 2 is 1.96 bits per heavy atom. The second-order valence-corrected chi connectivity index (χ2v) is 10.6. The largest absolute Gasteiger partial charge is 0.393 e. The summed E-state index contributed by atoms with van der Waals surface area (Å²) in [5.41, 5.74) is 2.75. The summed E-state index contributed by atoms with van der Waals surface area (Å²) in [6, 6.07) is 0. The van der Waals surface area contributed by atoms with Crippen molar-refractivity contribution >= 4 is 0 Å². The van der Waals surface area contributed by atoms with E-state index < -0.39 is 5.60 Å². The van der Waals surface area contributed by atoms with Crippen LogP contribution in [-0.4, -0.2) is 34.6 Å². The molecule has 0 aliphatic heterocycles. The summed E-state index contributed by atoms with van der Waals surface area (Å²) in [4.78, 5) is 0. The molecule has 3 nitrogen and oxygen atoms in total. The quantitative estimate of drug-likeness (QED) is 0.624. The summed E-state index contributed by atoms with van der Waals surface area (Å²) in [6.45, 7) is 9.08. The number of hydrogen-bond acceptors (Lipinski definition) is 3. The monoisotopic (exact) mass is 390 g/mol. The number of aliphatic hydroxyl groups is 2. The van der Waals surface area contributed by atoms with Gasteiger partial charge in [0.25, 0.3) is 0 Å². The Hall–Kier alpha value is -0.640. The molecule has 5 atom stereocenters. The van der Waals surface area contributed by atoms with Crippen LogP contribution in [-0.2, 0) is 4.74 Å². The highest BCUT2D eigenvalue weighted by Crippen LogP contribution is 2.58. The van der Waals surface area contributed by atoms with Crippen LogP contribution in [0.15, 0.2) is 23.3 Å². The molecule has 3 saturated carbocycles. The summed E-state index contributed by atoms with van der Waals surface area (Å²) in [6.07, 6.45) is 16.0. The van der Waals surface area contributed by atoms with Crippen molar-refractivity contribution in [3.8, 4) is 0 Å². The van der Waals surface area contributed by atoms with Gasteiger partial charge in [0, 0.05) is 6.61 Å². The molecule has 3 aliphatic carbocycles. The van der Waals surface area contributed by atoms with E-state index in [0.717, 1.165) is 25.7 Å². The van der Waals surface area contributed by atoms with Crippen molar-refractivity contribution < 1.29 is 14.9 Å². The van der Waals surface area contributed by atoms with E-state index in [-0.39, 0.29) is 12.2 Å². The molecule has 3 fully saturated rings. The van der Waals surface area contributed by atoms with E-state index in [1.165, 1.54) is 37.7 Å². The molecule has 3 rings (SSSR count). The predicted molar refractivity (Wildman–Crippen MR) is 115 cm³/mol. The molecular formula is C25H42O3. The fraction of sp³-hybridized carbons (Fsp3) is 0.840. The molecule has 0 unspecified atom stereocenters. The number of ether oxygens (including phenoxy) is 1. The first kappa shape index (κ1) is 22.1. The Balaban J connectivity index is 1.65. The van der Waals surface area contributed by atoms with Gasteiger partial charge in [-0.25, -0.2) is 0 Å². The van der Waals surface area contributed by atoms with Crippen LogP contribution in [0.25, 0.3) is 0 Å². The molecule has 0 bridgehead atoms. The zero-order chi connectivity index (χ0) is 20.4. The molecule has 0 aromatic heterocycles. The van der Waals surface area contributed by atoms with Gasteiger partial charge in [0.1, 0.15) is 0 Å². The fourth-order valence-corrected chi connectivity index (χ4v) is 6.11. The van der Waals surface area contributed by atoms with Crippen LogP contribution in [0.2, 0.25) is 0 Å². The first-order valence-corrected chi connectivity index (χ1v) is 11.6. The molecule has 2 N–H and O–H groups in total. The molecule has 0 saturated heterocycles. The first-order valence-electron chi connectivity index (χ1n) is 11.6. The van der Waals surface area contributed by atoms with Crippen molar-refractivity contribution in [3.05, 3.63) is 23.3 Å². The summed E-state index contributed by atoms with van der Waals surface area (Å²) in [7, 11) is 0. The maximum absolute atomic E-state index is 9.94. The molecule has 3 aliphatic rings. The third-order valence-electron chi connectivity index (χ3n) is 7.77. The first-order chi connectivity index (χ1) is 13.2. The second kappa shape index (κ2) is 9.02.